The molecule has 8 heteroatoms. The summed E-state index contributed by atoms with van der Waals surface area (Å²) >= 11 is 0. The van der Waals surface area contributed by atoms with E-state index < -0.39 is 0 Å². The zero-order valence-corrected chi connectivity index (χ0v) is 18.5. The zero-order chi connectivity index (χ0) is 23.4. The maximum Gasteiger partial charge on any atom is 0.265 e. The van der Waals surface area contributed by atoms with E-state index in [0.717, 1.165) is 5.56 Å². The molecular formula is C25H23N3O5. The van der Waals surface area contributed by atoms with Gasteiger partial charge in [0.05, 0.1) is 37.9 Å². The molecule has 0 radical (unpaired) electrons. The Balaban J connectivity index is 1.52. The Morgan fingerprint density at radius 2 is 1.58 bits per heavy atom. The number of amides is 1. The van der Waals surface area contributed by atoms with E-state index in [1.165, 1.54) is 10.9 Å². The minimum atomic E-state index is -0.262. The maximum absolute atomic E-state index is 12.8. The summed E-state index contributed by atoms with van der Waals surface area (Å²) in [6.07, 6.45) is 1.49. The van der Waals surface area contributed by atoms with Crippen LogP contribution >= 0.6 is 0 Å². The number of benzene rings is 3. The topological polar surface area (TPSA) is 91.7 Å². The molecule has 0 atom stereocenters. The van der Waals surface area contributed by atoms with Gasteiger partial charge in [-0.15, -0.1) is 0 Å². The highest BCUT2D eigenvalue weighted by Crippen LogP contribution is 2.34. The number of hydrogen-bond donors (Lipinski definition) is 1. The molecule has 1 N–H and O–H groups in total. The van der Waals surface area contributed by atoms with E-state index in [2.05, 4.69) is 10.3 Å². The number of para-hydroxylation sites is 1. The van der Waals surface area contributed by atoms with Crippen molar-refractivity contribution in [2.24, 2.45) is 0 Å². The van der Waals surface area contributed by atoms with E-state index in [1.54, 1.807) is 75.9 Å². The monoisotopic (exact) mass is 445 g/mol. The van der Waals surface area contributed by atoms with Crippen molar-refractivity contribution in [1.29, 1.82) is 0 Å². The molecule has 0 fully saturated rings. The lowest BCUT2D eigenvalue weighted by Crippen LogP contribution is -2.23. The summed E-state index contributed by atoms with van der Waals surface area (Å²) in [5.74, 6) is 1.40. The molecule has 3 aromatic carbocycles. The second-order valence-electron chi connectivity index (χ2n) is 7.19. The van der Waals surface area contributed by atoms with Gasteiger partial charge in [-0.25, -0.2) is 4.98 Å². The summed E-state index contributed by atoms with van der Waals surface area (Å²) in [6.45, 7) is 0.234. The van der Waals surface area contributed by atoms with Crippen LogP contribution in [0.5, 0.6) is 17.2 Å². The molecule has 0 aliphatic carbocycles. The average molecular weight is 445 g/mol. The lowest BCUT2D eigenvalue weighted by atomic mass is 10.1. The van der Waals surface area contributed by atoms with Crippen LogP contribution in [0.3, 0.4) is 0 Å². The first-order chi connectivity index (χ1) is 16.0. The van der Waals surface area contributed by atoms with Gasteiger partial charge >= 0.3 is 0 Å². The first kappa shape index (κ1) is 21.9. The molecule has 0 saturated heterocycles. The zero-order valence-electron chi connectivity index (χ0n) is 18.5. The van der Waals surface area contributed by atoms with Gasteiger partial charge in [0, 0.05) is 23.7 Å². The van der Waals surface area contributed by atoms with E-state index in [4.69, 9.17) is 14.2 Å². The van der Waals surface area contributed by atoms with Crippen LogP contribution in [0.15, 0.2) is 71.8 Å². The summed E-state index contributed by atoms with van der Waals surface area (Å²) in [4.78, 5) is 29.8. The molecule has 33 heavy (non-hydrogen) atoms. The predicted molar refractivity (Wildman–Crippen MR) is 125 cm³/mol. The number of nitrogens with one attached hydrogen (secondary N) is 1. The van der Waals surface area contributed by atoms with Gasteiger partial charge < -0.3 is 19.5 Å². The van der Waals surface area contributed by atoms with Gasteiger partial charge in [-0.1, -0.05) is 12.1 Å². The molecule has 0 saturated carbocycles. The molecule has 1 aromatic heterocycles. The molecule has 0 spiro atoms. The van der Waals surface area contributed by atoms with Crippen LogP contribution in [0.25, 0.3) is 16.6 Å². The molecule has 168 valence electrons. The molecule has 0 aliphatic heterocycles. The SMILES string of the molecule is COc1cc(OC)c(OC)cc1CNC(=O)c1ccc(-n2cnc3ccccc3c2=O)cc1. The normalized spacial score (nSPS) is 10.6. The smallest absolute Gasteiger partial charge is 0.265 e. The number of carbonyl (C=O) groups is 1. The quantitative estimate of drug-likeness (QED) is 0.469. The molecule has 0 bridgehead atoms. The maximum atomic E-state index is 12.8. The summed E-state index contributed by atoms with van der Waals surface area (Å²) in [5, 5.41) is 3.41. The summed E-state index contributed by atoms with van der Waals surface area (Å²) in [5.41, 5.74) is 2.30. The third kappa shape index (κ3) is 4.36. The fraction of sp³-hybridized carbons (Fsp3) is 0.160. The molecule has 1 amide bonds. The van der Waals surface area contributed by atoms with Crippen molar-refractivity contribution >= 4 is 16.8 Å². The van der Waals surface area contributed by atoms with Crippen molar-refractivity contribution in [2.75, 3.05) is 21.3 Å². The van der Waals surface area contributed by atoms with Crippen molar-refractivity contribution in [2.45, 2.75) is 6.54 Å². The van der Waals surface area contributed by atoms with Crippen molar-refractivity contribution in [3.05, 3.63) is 88.5 Å². The van der Waals surface area contributed by atoms with Crippen LogP contribution in [0.1, 0.15) is 15.9 Å². The molecule has 0 aliphatic rings. The van der Waals surface area contributed by atoms with Gasteiger partial charge in [-0.05, 0) is 42.5 Å². The average Bonchev–Trinajstić information content (AvgIpc) is 2.87. The first-order valence-corrected chi connectivity index (χ1v) is 10.2. The Hall–Kier alpha value is -4.33. The Morgan fingerprint density at radius 3 is 2.27 bits per heavy atom. The van der Waals surface area contributed by atoms with Crippen LogP contribution in [-0.4, -0.2) is 36.8 Å². The Labute approximate surface area is 190 Å². The Kier molecular flexibility index (Phi) is 6.26. The third-order valence-electron chi connectivity index (χ3n) is 5.30. The second-order valence-corrected chi connectivity index (χ2v) is 7.19. The highest BCUT2D eigenvalue weighted by Gasteiger charge is 2.14. The number of hydrogen-bond acceptors (Lipinski definition) is 6. The van der Waals surface area contributed by atoms with Crippen molar-refractivity contribution in [3.8, 4) is 22.9 Å². The number of rotatable bonds is 7. The lowest BCUT2D eigenvalue weighted by Gasteiger charge is -2.14. The highest BCUT2D eigenvalue weighted by molar-refractivity contribution is 5.94. The van der Waals surface area contributed by atoms with Crippen LogP contribution in [-0.2, 0) is 6.54 Å². The largest absolute Gasteiger partial charge is 0.496 e. The number of aromatic nitrogens is 2. The minimum absolute atomic E-state index is 0.168. The summed E-state index contributed by atoms with van der Waals surface area (Å²) < 4.78 is 17.5. The van der Waals surface area contributed by atoms with Crippen molar-refractivity contribution < 1.29 is 19.0 Å². The number of nitrogens with zero attached hydrogens (tertiary/aromatic N) is 2. The van der Waals surface area contributed by atoms with Gasteiger partial charge in [0.2, 0.25) is 0 Å². The lowest BCUT2D eigenvalue weighted by molar-refractivity contribution is 0.0950. The van der Waals surface area contributed by atoms with E-state index in [9.17, 15) is 9.59 Å². The fourth-order valence-corrected chi connectivity index (χ4v) is 3.53. The van der Waals surface area contributed by atoms with Gasteiger partial charge in [0.1, 0.15) is 12.1 Å². The Bertz CT molecular complexity index is 1360. The molecule has 0 unspecified atom stereocenters. The van der Waals surface area contributed by atoms with E-state index >= 15 is 0 Å². The first-order valence-electron chi connectivity index (χ1n) is 10.2. The third-order valence-corrected chi connectivity index (χ3v) is 5.30. The van der Waals surface area contributed by atoms with E-state index in [0.29, 0.717) is 39.4 Å². The number of methoxy groups -OCH3 is 3. The Morgan fingerprint density at radius 1 is 0.909 bits per heavy atom. The van der Waals surface area contributed by atoms with Crippen molar-refractivity contribution in [1.82, 2.24) is 14.9 Å². The van der Waals surface area contributed by atoms with Gasteiger partial charge in [-0.2, -0.15) is 0 Å². The van der Waals surface area contributed by atoms with Crippen LogP contribution < -0.4 is 25.1 Å². The number of fused-ring (bicyclic) bond motifs is 1. The van der Waals surface area contributed by atoms with E-state index in [-0.39, 0.29) is 18.0 Å². The molecule has 1 heterocycles. The molecule has 4 rings (SSSR count). The second kappa shape index (κ2) is 9.44. The summed E-state index contributed by atoms with van der Waals surface area (Å²) in [6, 6.07) is 17.4. The molecule has 4 aromatic rings. The van der Waals surface area contributed by atoms with E-state index in [1.807, 2.05) is 6.07 Å². The highest BCUT2D eigenvalue weighted by atomic mass is 16.5. The van der Waals surface area contributed by atoms with Gasteiger partial charge in [-0.3, -0.25) is 14.2 Å². The molecular weight excluding hydrogens is 422 g/mol. The molecule has 8 nitrogen and oxygen atoms in total. The predicted octanol–water partition coefficient (Wildman–Crippen LogP) is 3.34. The number of carbonyl (C=O) groups excluding carboxylic acids is 1. The van der Waals surface area contributed by atoms with Gasteiger partial charge in [0.15, 0.2) is 11.5 Å². The van der Waals surface area contributed by atoms with Gasteiger partial charge in [0.25, 0.3) is 11.5 Å². The fourth-order valence-electron chi connectivity index (χ4n) is 3.53. The summed E-state index contributed by atoms with van der Waals surface area (Å²) in [7, 11) is 4.64. The standard InChI is InChI=1S/C25H23N3O5/c1-31-21-13-23(33-3)22(32-2)12-17(21)14-26-24(29)16-8-10-18(11-9-16)28-15-27-20-7-5-4-6-19(20)25(28)30/h4-13,15H,14H2,1-3H3,(H,26,29). The van der Waals surface area contributed by atoms with Crippen LogP contribution in [0.4, 0.5) is 0 Å². The number of ether oxygens (including phenoxy) is 3. The van der Waals surface area contributed by atoms with Crippen LogP contribution in [0.2, 0.25) is 0 Å². The minimum Gasteiger partial charge on any atom is -0.496 e. The van der Waals surface area contributed by atoms with Crippen molar-refractivity contribution in [3.63, 3.8) is 0 Å². The van der Waals surface area contributed by atoms with Crippen LogP contribution in [0, 0.1) is 0 Å².